The third-order valence-corrected chi connectivity index (χ3v) is 2.72. The first-order valence-electron chi connectivity index (χ1n) is 3.80. The van der Waals surface area contributed by atoms with Gasteiger partial charge >= 0.3 is 0 Å². The van der Waals surface area contributed by atoms with E-state index in [1.165, 1.54) is 6.20 Å². The van der Waals surface area contributed by atoms with E-state index in [9.17, 15) is 8.42 Å². The number of hydrogen-bond acceptors (Lipinski definition) is 4. The van der Waals surface area contributed by atoms with Gasteiger partial charge in [0, 0.05) is 6.20 Å². The van der Waals surface area contributed by atoms with Crippen molar-refractivity contribution in [3.05, 3.63) is 12.3 Å². The van der Waals surface area contributed by atoms with E-state index in [-0.39, 0.29) is 5.17 Å². The Bertz CT molecular complexity index is 344. The van der Waals surface area contributed by atoms with E-state index in [1.807, 2.05) is 0 Å². The highest BCUT2D eigenvalue weighted by atomic mass is 32.2. The van der Waals surface area contributed by atoms with Gasteiger partial charge in [-0.3, -0.25) is 0 Å². The van der Waals surface area contributed by atoms with Gasteiger partial charge in [0.15, 0.2) is 0 Å². The molecule has 0 aromatic rings. The molecule has 80 valence electrons. The SMILES string of the molecule is C=N/C(=N\C=C/C)S(=O)(=O)N[C@H](C)S. The molecular formula is C7H13N3O2S2. The van der Waals surface area contributed by atoms with Gasteiger partial charge in [0.25, 0.3) is 15.2 Å². The fraction of sp³-hybridized carbons (Fsp3) is 0.429. The maximum absolute atomic E-state index is 11.4. The van der Waals surface area contributed by atoms with Crippen molar-refractivity contribution in [2.45, 2.75) is 19.2 Å². The number of nitrogens with one attached hydrogen (secondary N) is 1. The van der Waals surface area contributed by atoms with Gasteiger partial charge in [0.2, 0.25) is 0 Å². The Hall–Kier alpha value is -0.660. The molecule has 0 saturated carbocycles. The van der Waals surface area contributed by atoms with E-state index in [1.54, 1.807) is 19.9 Å². The van der Waals surface area contributed by atoms with Crippen LogP contribution in [0.15, 0.2) is 22.3 Å². The second-order valence-electron chi connectivity index (χ2n) is 2.35. The zero-order valence-corrected chi connectivity index (χ0v) is 9.72. The van der Waals surface area contributed by atoms with Gasteiger partial charge in [-0.05, 0) is 20.6 Å². The summed E-state index contributed by atoms with van der Waals surface area (Å²) in [6.07, 6.45) is 2.91. The van der Waals surface area contributed by atoms with Crippen LogP contribution in [0.5, 0.6) is 0 Å². The largest absolute Gasteiger partial charge is 0.277 e. The smallest absolute Gasteiger partial charge is 0.234 e. The van der Waals surface area contributed by atoms with E-state index >= 15 is 0 Å². The van der Waals surface area contributed by atoms with Crippen molar-refractivity contribution in [1.82, 2.24) is 4.72 Å². The van der Waals surface area contributed by atoms with E-state index in [4.69, 9.17) is 0 Å². The molecule has 0 heterocycles. The molecule has 0 aromatic carbocycles. The van der Waals surface area contributed by atoms with Gasteiger partial charge in [-0.1, -0.05) is 6.08 Å². The van der Waals surface area contributed by atoms with E-state index < -0.39 is 15.4 Å². The molecule has 0 amide bonds. The third kappa shape index (κ3) is 4.54. The van der Waals surface area contributed by atoms with Crippen LogP contribution in [-0.2, 0) is 10.0 Å². The molecule has 1 atom stereocenters. The van der Waals surface area contributed by atoms with Crippen LogP contribution in [0.4, 0.5) is 0 Å². The van der Waals surface area contributed by atoms with Crippen LogP contribution in [0.25, 0.3) is 0 Å². The first-order valence-corrected chi connectivity index (χ1v) is 5.80. The molecule has 0 unspecified atom stereocenters. The Balaban J connectivity index is 4.94. The number of aliphatic imine (C=N–C) groups is 2. The molecule has 7 heteroatoms. The minimum Gasteiger partial charge on any atom is -0.234 e. The van der Waals surface area contributed by atoms with E-state index in [0.717, 1.165) is 0 Å². The second-order valence-corrected chi connectivity index (χ2v) is 4.73. The monoisotopic (exact) mass is 235 g/mol. The maximum Gasteiger partial charge on any atom is 0.277 e. The molecule has 0 fully saturated rings. The Morgan fingerprint density at radius 2 is 2.21 bits per heavy atom. The fourth-order valence-electron chi connectivity index (χ4n) is 0.611. The lowest BCUT2D eigenvalue weighted by Crippen LogP contribution is -2.33. The highest BCUT2D eigenvalue weighted by Gasteiger charge is 2.18. The first kappa shape index (κ1) is 13.3. The van der Waals surface area contributed by atoms with Crippen LogP contribution in [0.3, 0.4) is 0 Å². The highest BCUT2D eigenvalue weighted by Crippen LogP contribution is 1.97. The Morgan fingerprint density at radius 3 is 2.57 bits per heavy atom. The maximum atomic E-state index is 11.4. The lowest BCUT2D eigenvalue weighted by atomic mass is 10.7. The van der Waals surface area contributed by atoms with Crippen LogP contribution >= 0.6 is 12.6 Å². The summed E-state index contributed by atoms with van der Waals surface area (Å²) in [6.45, 7) is 6.42. The Labute approximate surface area is 89.5 Å². The van der Waals surface area contributed by atoms with Gasteiger partial charge in [-0.15, -0.1) is 0 Å². The first-order chi connectivity index (χ1) is 6.44. The van der Waals surface area contributed by atoms with Crippen molar-refractivity contribution in [3.8, 4) is 0 Å². The van der Waals surface area contributed by atoms with Gasteiger partial charge in [-0.25, -0.2) is 18.4 Å². The molecule has 0 aliphatic heterocycles. The van der Waals surface area contributed by atoms with Crippen molar-refractivity contribution in [1.29, 1.82) is 0 Å². The van der Waals surface area contributed by atoms with Crippen LogP contribution in [-0.4, -0.2) is 25.7 Å². The highest BCUT2D eigenvalue weighted by molar-refractivity contribution is 8.05. The van der Waals surface area contributed by atoms with Crippen LogP contribution in [0.2, 0.25) is 0 Å². The van der Waals surface area contributed by atoms with Gasteiger partial charge in [-0.2, -0.15) is 17.4 Å². The molecule has 0 radical (unpaired) electrons. The lowest BCUT2D eigenvalue weighted by molar-refractivity contribution is 0.593. The van der Waals surface area contributed by atoms with Gasteiger partial charge < -0.3 is 0 Å². The second kappa shape index (κ2) is 5.94. The topological polar surface area (TPSA) is 70.9 Å². The minimum absolute atomic E-state index is 0.364. The van der Waals surface area contributed by atoms with Crippen LogP contribution < -0.4 is 4.72 Å². The number of amidine groups is 1. The third-order valence-electron chi connectivity index (χ3n) is 1.04. The van der Waals surface area contributed by atoms with Crippen LogP contribution in [0, 0.1) is 0 Å². The average molecular weight is 235 g/mol. The van der Waals surface area contributed by atoms with Crippen LogP contribution in [0.1, 0.15) is 13.8 Å². The summed E-state index contributed by atoms with van der Waals surface area (Å²) >= 11 is 3.89. The molecule has 14 heavy (non-hydrogen) atoms. The standard InChI is InChI=1S/C7H13N3O2S2/c1-4-5-9-7(8-3)14(11,12)10-6(2)13/h4-6,10,13H,3H2,1-2H3/b5-4-,9-7+/t6-/m0/s1. The predicted molar refractivity (Wildman–Crippen MR) is 62.3 cm³/mol. The Kier molecular flexibility index (Phi) is 5.66. The summed E-state index contributed by atoms with van der Waals surface area (Å²) in [4.78, 5) is 6.92. The number of allylic oxidation sites excluding steroid dienone is 1. The van der Waals surface area contributed by atoms with Crippen molar-refractivity contribution in [2.75, 3.05) is 0 Å². The number of sulfonamides is 1. The Morgan fingerprint density at radius 1 is 1.64 bits per heavy atom. The predicted octanol–water partition coefficient (Wildman–Crippen LogP) is 0.772. The van der Waals surface area contributed by atoms with E-state index in [2.05, 4.69) is 34.1 Å². The molecule has 1 N–H and O–H groups in total. The summed E-state index contributed by atoms with van der Waals surface area (Å²) in [5, 5.41) is -0.867. The molecule has 0 spiro atoms. The molecule has 0 bridgehead atoms. The average Bonchev–Trinajstić information content (AvgIpc) is 2.02. The van der Waals surface area contributed by atoms with Gasteiger partial charge in [0.05, 0.1) is 5.37 Å². The summed E-state index contributed by atoms with van der Waals surface area (Å²) in [6, 6.07) is 0. The zero-order chi connectivity index (χ0) is 11.2. The van der Waals surface area contributed by atoms with Crippen molar-refractivity contribution < 1.29 is 8.42 Å². The molecule has 0 saturated heterocycles. The summed E-state index contributed by atoms with van der Waals surface area (Å²) < 4.78 is 25.1. The lowest BCUT2D eigenvalue weighted by Gasteiger charge is -2.06. The quantitative estimate of drug-likeness (QED) is 0.328. The van der Waals surface area contributed by atoms with Crippen molar-refractivity contribution in [2.24, 2.45) is 9.98 Å². The summed E-state index contributed by atoms with van der Waals surface area (Å²) in [5.74, 6) is 0. The number of thiol groups is 1. The number of hydrogen-bond donors (Lipinski definition) is 2. The normalized spacial score (nSPS) is 15.8. The fourth-order valence-corrected chi connectivity index (χ4v) is 1.95. The van der Waals surface area contributed by atoms with Gasteiger partial charge in [0.1, 0.15) is 0 Å². The molecular weight excluding hydrogens is 222 g/mol. The van der Waals surface area contributed by atoms with Crippen molar-refractivity contribution >= 4 is 34.5 Å². The summed E-state index contributed by atoms with van der Waals surface area (Å²) in [5.41, 5.74) is 0. The summed E-state index contributed by atoms with van der Waals surface area (Å²) in [7, 11) is -3.70. The molecule has 0 aliphatic rings. The molecule has 0 rings (SSSR count). The minimum atomic E-state index is -3.70. The molecule has 0 aromatic heterocycles. The zero-order valence-electron chi connectivity index (χ0n) is 8.01. The van der Waals surface area contributed by atoms with Crippen molar-refractivity contribution in [3.63, 3.8) is 0 Å². The molecule has 5 nitrogen and oxygen atoms in total. The van der Waals surface area contributed by atoms with E-state index in [0.29, 0.717) is 0 Å². The number of nitrogens with zero attached hydrogens (tertiary/aromatic N) is 2. The molecule has 0 aliphatic carbocycles. The number of rotatable bonds is 3.